The third-order valence-corrected chi connectivity index (χ3v) is 3.26. The Bertz CT molecular complexity index is 326. The molecule has 1 aliphatic rings. The van der Waals surface area contributed by atoms with Gasteiger partial charge in [0.15, 0.2) is 0 Å². The summed E-state index contributed by atoms with van der Waals surface area (Å²) >= 11 is 0. The van der Waals surface area contributed by atoms with Gasteiger partial charge in [0.05, 0.1) is 12.1 Å². The monoisotopic (exact) mass is 245 g/mol. The van der Waals surface area contributed by atoms with Crippen molar-refractivity contribution in [1.29, 1.82) is 0 Å². The second kappa shape index (κ2) is 5.62. The van der Waals surface area contributed by atoms with E-state index in [0.717, 1.165) is 18.4 Å². The van der Waals surface area contributed by atoms with Gasteiger partial charge >= 0.3 is 0 Å². The standard InChI is InChI=1S/C12H16FNO.ClH/c13-10-6-4-8(5-7-10)11(14)12(15)9-2-1-3-9;/h4-7,9,11-12,15H,1-3,14H2;1H/t11-,12+;/m1./s1. The molecular weight excluding hydrogens is 229 g/mol. The molecule has 16 heavy (non-hydrogen) atoms. The van der Waals surface area contributed by atoms with E-state index >= 15 is 0 Å². The molecule has 1 aliphatic carbocycles. The molecule has 0 saturated heterocycles. The van der Waals surface area contributed by atoms with E-state index in [1.54, 1.807) is 12.1 Å². The van der Waals surface area contributed by atoms with Crippen molar-refractivity contribution in [3.05, 3.63) is 35.6 Å². The highest BCUT2D eigenvalue weighted by Gasteiger charge is 2.30. The van der Waals surface area contributed by atoms with E-state index in [2.05, 4.69) is 0 Å². The molecule has 0 radical (unpaired) electrons. The molecule has 1 aromatic rings. The molecule has 0 spiro atoms. The van der Waals surface area contributed by atoms with Crippen LogP contribution in [0.3, 0.4) is 0 Å². The van der Waals surface area contributed by atoms with Crippen molar-refractivity contribution in [2.45, 2.75) is 31.4 Å². The van der Waals surface area contributed by atoms with Crippen molar-refractivity contribution in [2.75, 3.05) is 0 Å². The van der Waals surface area contributed by atoms with Gasteiger partial charge in [0.1, 0.15) is 5.82 Å². The summed E-state index contributed by atoms with van der Waals surface area (Å²) in [5.74, 6) is 0.0501. The number of hydrogen-bond acceptors (Lipinski definition) is 2. The van der Waals surface area contributed by atoms with E-state index in [9.17, 15) is 9.50 Å². The average molecular weight is 246 g/mol. The molecule has 2 atom stereocenters. The Balaban J connectivity index is 0.00000128. The van der Waals surface area contributed by atoms with Crippen LogP contribution in [0.4, 0.5) is 4.39 Å². The molecule has 90 valence electrons. The van der Waals surface area contributed by atoms with Gasteiger partial charge in [0.25, 0.3) is 0 Å². The van der Waals surface area contributed by atoms with Gasteiger partial charge < -0.3 is 10.8 Å². The molecule has 2 nitrogen and oxygen atoms in total. The predicted molar refractivity (Wildman–Crippen MR) is 63.9 cm³/mol. The lowest BCUT2D eigenvalue weighted by Gasteiger charge is -2.33. The molecule has 4 heteroatoms. The molecule has 1 aromatic carbocycles. The summed E-state index contributed by atoms with van der Waals surface area (Å²) in [4.78, 5) is 0. The number of nitrogens with two attached hydrogens (primary N) is 1. The molecular formula is C12H17ClFNO. The number of benzene rings is 1. The van der Waals surface area contributed by atoms with Crippen molar-refractivity contribution < 1.29 is 9.50 Å². The molecule has 0 amide bonds. The van der Waals surface area contributed by atoms with Crippen LogP contribution in [0, 0.1) is 11.7 Å². The third-order valence-electron chi connectivity index (χ3n) is 3.26. The van der Waals surface area contributed by atoms with Gasteiger partial charge in [-0.1, -0.05) is 18.6 Å². The van der Waals surface area contributed by atoms with E-state index in [4.69, 9.17) is 5.73 Å². The lowest BCUT2D eigenvalue weighted by Crippen LogP contribution is -2.36. The summed E-state index contributed by atoms with van der Waals surface area (Å²) in [5.41, 5.74) is 6.73. The Labute approximate surface area is 101 Å². The van der Waals surface area contributed by atoms with Crippen LogP contribution in [0.2, 0.25) is 0 Å². The number of halogens is 2. The molecule has 0 unspecified atom stereocenters. The van der Waals surface area contributed by atoms with Crippen LogP contribution in [-0.2, 0) is 0 Å². The molecule has 2 rings (SSSR count). The molecule has 0 heterocycles. The largest absolute Gasteiger partial charge is 0.391 e. The molecule has 0 aromatic heterocycles. The number of aliphatic hydroxyl groups excluding tert-OH is 1. The van der Waals surface area contributed by atoms with Crippen LogP contribution in [0.1, 0.15) is 30.9 Å². The van der Waals surface area contributed by atoms with Gasteiger partial charge in [-0.15, -0.1) is 12.4 Å². The Hall–Kier alpha value is -0.640. The lowest BCUT2D eigenvalue weighted by atomic mass is 9.77. The third kappa shape index (κ3) is 2.73. The normalized spacial score (nSPS) is 19.4. The van der Waals surface area contributed by atoms with Gasteiger partial charge in [0.2, 0.25) is 0 Å². The smallest absolute Gasteiger partial charge is 0.123 e. The summed E-state index contributed by atoms with van der Waals surface area (Å²) in [6.07, 6.45) is 2.79. The van der Waals surface area contributed by atoms with Crippen molar-refractivity contribution in [1.82, 2.24) is 0 Å². The second-order valence-corrected chi connectivity index (χ2v) is 4.26. The first-order valence-corrected chi connectivity index (χ1v) is 5.37. The Morgan fingerprint density at radius 1 is 1.25 bits per heavy atom. The molecule has 1 fully saturated rings. The van der Waals surface area contributed by atoms with Crippen molar-refractivity contribution >= 4 is 12.4 Å². The van der Waals surface area contributed by atoms with E-state index < -0.39 is 12.1 Å². The van der Waals surface area contributed by atoms with Gasteiger partial charge in [0, 0.05) is 0 Å². The fourth-order valence-electron chi connectivity index (χ4n) is 1.96. The first kappa shape index (κ1) is 13.4. The molecule has 1 saturated carbocycles. The summed E-state index contributed by atoms with van der Waals surface area (Å²) in [6.45, 7) is 0. The highest BCUT2D eigenvalue weighted by molar-refractivity contribution is 5.85. The summed E-state index contributed by atoms with van der Waals surface area (Å²) in [7, 11) is 0. The van der Waals surface area contributed by atoms with E-state index in [-0.39, 0.29) is 18.2 Å². The molecule has 3 N–H and O–H groups in total. The summed E-state index contributed by atoms with van der Waals surface area (Å²) in [5, 5.41) is 9.94. The lowest BCUT2D eigenvalue weighted by molar-refractivity contribution is 0.0413. The van der Waals surface area contributed by atoms with Crippen molar-refractivity contribution in [2.24, 2.45) is 11.7 Å². The number of rotatable bonds is 3. The first-order chi connectivity index (χ1) is 7.18. The van der Waals surface area contributed by atoms with Gasteiger partial charge in [-0.2, -0.15) is 0 Å². The average Bonchev–Trinajstić information content (AvgIpc) is 2.15. The van der Waals surface area contributed by atoms with Gasteiger partial charge in [-0.25, -0.2) is 4.39 Å². The zero-order chi connectivity index (χ0) is 10.8. The number of hydrogen-bond donors (Lipinski definition) is 2. The zero-order valence-corrected chi connectivity index (χ0v) is 9.79. The van der Waals surface area contributed by atoms with E-state index in [1.807, 2.05) is 0 Å². The zero-order valence-electron chi connectivity index (χ0n) is 8.97. The van der Waals surface area contributed by atoms with Crippen LogP contribution in [0.15, 0.2) is 24.3 Å². The fourth-order valence-corrected chi connectivity index (χ4v) is 1.96. The minimum atomic E-state index is -0.496. The second-order valence-electron chi connectivity index (χ2n) is 4.26. The minimum absolute atomic E-state index is 0. The Morgan fingerprint density at radius 2 is 1.81 bits per heavy atom. The highest BCUT2D eigenvalue weighted by atomic mass is 35.5. The SMILES string of the molecule is Cl.N[C@H](c1ccc(F)cc1)[C@@H](O)C1CCC1. The van der Waals surface area contributed by atoms with E-state index in [1.165, 1.54) is 18.6 Å². The van der Waals surface area contributed by atoms with Crippen LogP contribution >= 0.6 is 12.4 Å². The Morgan fingerprint density at radius 3 is 2.25 bits per heavy atom. The Kier molecular flexibility index (Phi) is 4.71. The number of aliphatic hydroxyl groups is 1. The maximum absolute atomic E-state index is 12.7. The van der Waals surface area contributed by atoms with E-state index in [0.29, 0.717) is 5.92 Å². The predicted octanol–water partition coefficient (Wildman–Crippen LogP) is 2.41. The summed E-state index contributed by atoms with van der Waals surface area (Å²) in [6, 6.07) is 5.64. The van der Waals surface area contributed by atoms with Crippen LogP contribution < -0.4 is 5.73 Å². The molecule has 0 aliphatic heterocycles. The fraction of sp³-hybridized carbons (Fsp3) is 0.500. The van der Waals surface area contributed by atoms with Gasteiger partial charge in [-0.05, 0) is 36.5 Å². The van der Waals surface area contributed by atoms with Crippen LogP contribution in [0.25, 0.3) is 0 Å². The highest BCUT2D eigenvalue weighted by Crippen LogP contribution is 2.34. The first-order valence-electron chi connectivity index (χ1n) is 5.37. The molecule has 0 bridgehead atoms. The topological polar surface area (TPSA) is 46.2 Å². The maximum Gasteiger partial charge on any atom is 0.123 e. The van der Waals surface area contributed by atoms with Crippen molar-refractivity contribution in [3.63, 3.8) is 0 Å². The van der Waals surface area contributed by atoms with Crippen molar-refractivity contribution in [3.8, 4) is 0 Å². The quantitative estimate of drug-likeness (QED) is 0.859. The minimum Gasteiger partial charge on any atom is -0.391 e. The summed E-state index contributed by atoms with van der Waals surface area (Å²) < 4.78 is 12.7. The van der Waals surface area contributed by atoms with Crippen LogP contribution in [-0.4, -0.2) is 11.2 Å². The van der Waals surface area contributed by atoms with Crippen LogP contribution in [0.5, 0.6) is 0 Å². The van der Waals surface area contributed by atoms with Gasteiger partial charge in [-0.3, -0.25) is 0 Å². The maximum atomic E-state index is 12.7.